The van der Waals surface area contributed by atoms with E-state index in [2.05, 4.69) is 246 Å². The fourth-order valence-corrected chi connectivity index (χ4v) is 9.34. The maximum Gasteiger partial charge on any atom is 0.0715 e. The van der Waals surface area contributed by atoms with E-state index in [4.69, 9.17) is 4.98 Å². The quantitative estimate of drug-likeness (QED) is 0.158. The number of para-hydroxylation sites is 4. The van der Waals surface area contributed by atoms with Crippen molar-refractivity contribution >= 4 is 43.6 Å². The monoisotopic (exact) mass is 789 g/mol. The summed E-state index contributed by atoms with van der Waals surface area (Å²) in [4.78, 5) is 5.39. The third kappa shape index (κ3) is 6.10. The molecule has 3 aromatic heterocycles. The lowest BCUT2D eigenvalue weighted by Crippen LogP contribution is -1.96. The fourth-order valence-electron chi connectivity index (χ4n) is 9.34. The van der Waals surface area contributed by atoms with E-state index in [1.807, 2.05) is 0 Å². The van der Waals surface area contributed by atoms with Crippen molar-refractivity contribution in [2.75, 3.05) is 0 Å². The predicted molar refractivity (Wildman–Crippen MR) is 260 cm³/mol. The van der Waals surface area contributed by atoms with Crippen LogP contribution in [0.5, 0.6) is 0 Å². The van der Waals surface area contributed by atoms with Crippen molar-refractivity contribution in [2.45, 2.75) is 0 Å². The minimum atomic E-state index is 0.924. The highest BCUT2D eigenvalue weighted by molar-refractivity contribution is 6.10. The summed E-state index contributed by atoms with van der Waals surface area (Å²) >= 11 is 0. The second-order valence-electron chi connectivity index (χ2n) is 16.0. The Morgan fingerprint density at radius 3 is 1.11 bits per heavy atom. The molecule has 0 atom stereocenters. The summed E-state index contributed by atoms with van der Waals surface area (Å²) in [5, 5.41) is 5.01. The standard InChI is InChI=1S/C59H39N3/c1-2-14-40(15-3-1)44-16-12-17-45(36-44)41-28-30-42(31-29-41)54-38-47(46-18-13-19-49(37-46)62-58-26-10-6-22-52(58)53-23-7-11-27-59(53)62)39-55(60-54)43-32-34-48(35-33-43)61-56-24-8-4-20-50(56)51-21-5-9-25-57(51)61/h1-39H. The Balaban J connectivity index is 0.976. The van der Waals surface area contributed by atoms with Gasteiger partial charge in [-0.15, -0.1) is 0 Å². The summed E-state index contributed by atoms with van der Waals surface area (Å²) < 4.78 is 4.75. The normalized spacial score (nSPS) is 11.5. The molecule has 0 aliphatic carbocycles. The molecule has 0 radical (unpaired) electrons. The topological polar surface area (TPSA) is 22.8 Å². The summed E-state index contributed by atoms with van der Waals surface area (Å²) in [6, 6.07) is 85.2. The number of pyridine rings is 1. The lowest BCUT2D eigenvalue weighted by molar-refractivity contribution is 1.18. The summed E-state index contributed by atoms with van der Waals surface area (Å²) in [7, 11) is 0. The molecule has 0 aliphatic rings. The first-order valence-electron chi connectivity index (χ1n) is 21.2. The molecule has 290 valence electrons. The maximum absolute atomic E-state index is 5.39. The Morgan fingerprint density at radius 2 is 0.597 bits per heavy atom. The Kier molecular flexibility index (Phi) is 8.50. The van der Waals surface area contributed by atoms with Crippen LogP contribution in [0.15, 0.2) is 237 Å². The summed E-state index contributed by atoms with van der Waals surface area (Å²) in [6.07, 6.45) is 0. The smallest absolute Gasteiger partial charge is 0.0715 e. The lowest BCUT2D eigenvalue weighted by Gasteiger charge is -2.14. The van der Waals surface area contributed by atoms with Gasteiger partial charge in [0.05, 0.1) is 33.5 Å². The van der Waals surface area contributed by atoms with Crippen LogP contribution in [0.25, 0.3) is 111 Å². The largest absolute Gasteiger partial charge is 0.309 e. The third-order valence-corrected chi connectivity index (χ3v) is 12.3. The number of aromatic nitrogens is 3. The van der Waals surface area contributed by atoms with Crippen molar-refractivity contribution in [2.24, 2.45) is 0 Å². The van der Waals surface area contributed by atoms with E-state index in [1.165, 1.54) is 65.9 Å². The maximum atomic E-state index is 5.39. The van der Waals surface area contributed by atoms with Crippen LogP contribution >= 0.6 is 0 Å². The van der Waals surface area contributed by atoms with E-state index >= 15 is 0 Å². The molecule has 0 fully saturated rings. The molecule has 0 amide bonds. The summed E-state index contributed by atoms with van der Waals surface area (Å²) in [5.41, 5.74) is 18.0. The highest BCUT2D eigenvalue weighted by Crippen LogP contribution is 2.37. The molecule has 12 aromatic rings. The molecule has 3 nitrogen and oxygen atoms in total. The van der Waals surface area contributed by atoms with Gasteiger partial charge in [-0.1, -0.05) is 170 Å². The van der Waals surface area contributed by atoms with Crippen LogP contribution in [0.3, 0.4) is 0 Å². The minimum Gasteiger partial charge on any atom is -0.309 e. The van der Waals surface area contributed by atoms with Crippen LogP contribution in [0.2, 0.25) is 0 Å². The van der Waals surface area contributed by atoms with Gasteiger partial charge < -0.3 is 9.13 Å². The van der Waals surface area contributed by atoms with Gasteiger partial charge in [-0.05, 0) is 100 Å². The number of nitrogens with zero attached hydrogens (tertiary/aromatic N) is 3. The first-order valence-corrected chi connectivity index (χ1v) is 21.2. The molecule has 0 saturated carbocycles. The van der Waals surface area contributed by atoms with Crippen LogP contribution < -0.4 is 0 Å². The van der Waals surface area contributed by atoms with Crippen molar-refractivity contribution in [1.29, 1.82) is 0 Å². The SMILES string of the molecule is c1ccc(-c2cccc(-c3ccc(-c4cc(-c5cccc(-n6c7ccccc7c7ccccc76)c5)cc(-c5ccc(-n6c7ccccc7c7ccccc76)cc5)n4)cc3)c2)cc1. The molecule has 3 heteroatoms. The molecule has 9 aromatic carbocycles. The summed E-state index contributed by atoms with van der Waals surface area (Å²) in [5.74, 6) is 0. The molecule has 0 saturated heterocycles. The molecule has 0 unspecified atom stereocenters. The zero-order valence-corrected chi connectivity index (χ0v) is 33.9. The van der Waals surface area contributed by atoms with Crippen LogP contribution in [0.1, 0.15) is 0 Å². The van der Waals surface area contributed by atoms with Gasteiger partial charge in [-0.2, -0.15) is 0 Å². The molecule has 0 bridgehead atoms. The first kappa shape index (κ1) is 35.7. The Bertz CT molecular complexity index is 3500. The first-order chi connectivity index (χ1) is 30.7. The average Bonchev–Trinajstić information content (AvgIpc) is 3.87. The van der Waals surface area contributed by atoms with E-state index in [1.54, 1.807) is 0 Å². The molecule has 0 N–H and O–H groups in total. The van der Waals surface area contributed by atoms with Crippen molar-refractivity contribution in [3.8, 4) is 67.3 Å². The van der Waals surface area contributed by atoms with Crippen LogP contribution in [-0.4, -0.2) is 14.1 Å². The molecule has 62 heavy (non-hydrogen) atoms. The number of fused-ring (bicyclic) bond motifs is 6. The number of hydrogen-bond donors (Lipinski definition) is 0. The fraction of sp³-hybridized carbons (Fsp3) is 0. The van der Waals surface area contributed by atoms with Crippen LogP contribution in [-0.2, 0) is 0 Å². The van der Waals surface area contributed by atoms with Gasteiger partial charge in [0.25, 0.3) is 0 Å². The van der Waals surface area contributed by atoms with E-state index in [0.717, 1.165) is 45.0 Å². The second kappa shape index (κ2) is 14.8. The second-order valence-corrected chi connectivity index (χ2v) is 16.0. The summed E-state index contributed by atoms with van der Waals surface area (Å²) in [6.45, 7) is 0. The van der Waals surface area contributed by atoms with Gasteiger partial charge >= 0.3 is 0 Å². The Hall–Kier alpha value is -8.27. The highest BCUT2D eigenvalue weighted by Gasteiger charge is 2.16. The third-order valence-electron chi connectivity index (χ3n) is 12.3. The van der Waals surface area contributed by atoms with Gasteiger partial charge in [0.2, 0.25) is 0 Å². The molecule has 0 aliphatic heterocycles. The van der Waals surface area contributed by atoms with Crippen molar-refractivity contribution < 1.29 is 0 Å². The van der Waals surface area contributed by atoms with E-state index in [9.17, 15) is 0 Å². The van der Waals surface area contributed by atoms with Crippen LogP contribution in [0, 0.1) is 0 Å². The molecule has 0 spiro atoms. The Morgan fingerprint density at radius 1 is 0.226 bits per heavy atom. The number of benzene rings is 9. The average molecular weight is 790 g/mol. The van der Waals surface area contributed by atoms with E-state index in [-0.39, 0.29) is 0 Å². The lowest BCUT2D eigenvalue weighted by atomic mass is 9.96. The van der Waals surface area contributed by atoms with E-state index < -0.39 is 0 Å². The van der Waals surface area contributed by atoms with Gasteiger partial charge in [0, 0.05) is 44.0 Å². The zero-order chi connectivity index (χ0) is 41.0. The minimum absolute atomic E-state index is 0.924. The van der Waals surface area contributed by atoms with Gasteiger partial charge in [-0.3, -0.25) is 0 Å². The van der Waals surface area contributed by atoms with Crippen molar-refractivity contribution in [1.82, 2.24) is 14.1 Å². The van der Waals surface area contributed by atoms with Gasteiger partial charge in [0.1, 0.15) is 0 Å². The van der Waals surface area contributed by atoms with Crippen molar-refractivity contribution in [3.63, 3.8) is 0 Å². The molecular formula is C59H39N3. The molecule has 3 heterocycles. The highest BCUT2D eigenvalue weighted by atomic mass is 15.0. The molecular weight excluding hydrogens is 751 g/mol. The number of hydrogen-bond acceptors (Lipinski definition) is 1. The van der Waals surface area contributed by atoms with Crippen molar-refractivity contribution in [3.05, 3.63) is 237 Å². The van der Waals surface area contributed by atoms with Gasteiger partial charge in [0.15, 0.2) is 0 Å². The van der Waals surface area contributed by atoms with Gasteiger partial charge in [-0.25, -0.2) is 4.98 Å². The Labute approximate surface area is 360 Å². The number of rotatable bonds is 7. The van der Waals surface area contributed by atoms with Crippen LogP contribution in [0.4, 0.5) is 0 Å². The zero-order valence-electron chi connectivity index (χ0n) is 33.9. The molecule has 12 rings (SSSR count). The van der Waals surface area contributed by atoms with E-state index in [0.29, 0.717) is 0 Å². The predicted octanol–water partition coefficient (Wildman–Crippen LogP) is 15.6.